The summed E-state index contributed by atoms with van der Waals surface area (Å²) >= 11 is 0. The first-order chi connectivity index (χ1) is 14.6. The smallest absolute Gasteiger partial charge is 0.278 e. The van der Waals surface area contributed by atoms with Crippen LogP contribution in [-0.4, -0.2) is 41.1 Å². The number of hydrogen-bond acceptors (Lipinski definition) is 7. The molecule has 1 amide bonds. The zero-order valence-corrected chi connectivity index (χ0v) is 16.8. The van der Waals surface area contributed by atoms with E-state index in [9.17, 15) is 4.79 Å². The van der Waals surface area contributed by atoms with Crippen LogP contribution in [0.1, 0.15) is 29.8 Å². The van der Waals surface area contributed by atoms with Gasteiger partial charge in [0.15, 0.2) is 11.5 Å². The van der Waals surface area contributed by atoms with Crippen LogP contribution < -0.4 is 20.7 Å². The van der Waals surface area contributed by atoms with Crippen LogP contribution >= 0.6 is 0 Å². The van der Waals surface area contributed by atoms with E-state index in [-0.39, 0.29) is 11.5 Å². The number of nitrogens with zero attached hydrogens (tertiary/aromatic N) is 4. The molecule has 4 bridgehead atoms. The molecule has 3 heterocycles. The number of nitrogen functional groups attached to an aromatic ring is 1. The van der Waals surface area contributed by atoms with Crippen LogP contribution in [0.5, 0.6) is 5.75 Å². The number of carbonyl (C=O) groups is 1. The zero-order chi connectivity index (χ0) is 20.9. The van der Waals surface area contributed by atoms with Gasteiger partial charge in [-0.2, -0.15) is 0 Å². The molecular formula is C22H24N6O2. The van der Waals surface area contributed by atoms with E-state index >= 15 is 0 Å². The van der Waals surface area contributed by atoms with Crippen molar-refractivity contribution in [1.82, 2.24) is 15.0 Å². The Hall–Kier alpha value is -3.68. The SMILES string of the molecule is CN1CCCCCOc2cccc(c2)-c2cnc(N)c(n2)C(=O)Nc2cnccc21. The molecule has 8 heteroatoms. The number of amides is 1. The van der Waals surface area contributed by atoms with Crippen LogP contribution in [-0.2, 0) is 0 Å². The van der Waals surface area contributed by atoms with Gasteiger partial charge in [0.2, 0.25) is 0 Å². The summed E-state index contributed by atoms with van der Waals surface area (Å²) in [5, 5.41) is 2.89. The second-order valence-corrected chi connectivity index (χ2v) is 7.19. The van der Waals surface area contributed by atoms with Crippen molar-refractivity contribution in [3.05, 3.63) is 54.6 Å². The highest BCUT2D eigenvalue weighted by Crippen LogP contribution is 2.27. The minimum Gasteiger partial charge on any atom is -0.494 e. The molecule has 0 atom stereocenters. The molecule has 2 aromatic heterocycles. The predicted molar refractivity (Wildman–Crippen MR) is 117 cm³/mol. The fourth-order valence-electron chi connectivity index (χ4n) is 3.39. The van der Waals surface area contributed by atoms with Crippen molar-refractivity contribution in [3.63, 3.8) is 0 Å². The lowest BCUT2D eigenvalue weighted by Gasteiger charge is -2.22. The Morgan fingerprint density at radius 3 is 2.97 bits per heavy atom. The van der Waals surface area contributed by atoms with Gasteiger partial charge in [-0.15, -0.1) is 0 Å². The van der Waals surface area contributed by atoms with E-state index in [4.69, 9.17) is 10.5 Å². The summed E-state index contributed by atoms with van der Waals surface area (Å²) in [5.41, 5.74) is 8.88. The molecule has 3 N–H and O–H groups in total. The summed E-state index contributed by atoms with van der Waals surface area (Å²) in [4.78, 5) is 27.9. The Balaban J connectivity index is 1.74. The van der Waals surface area contributed by atoms with Crippen molar-refractivity contribution in [2.75, 3.05) is 36.1 Å². The van der Waals surface area contributed by atoms with E-state index in [1.54, 1.807) is 18.6 Å². The first-order valence-electron chi connectivity index (χ1n) is 9.94. The van der Waals surface area contributed by atoms with Crippen molar-refractivity contribution in [3.8, 4) is 17.0 Å². The maximum Gasteiger partial charge on any atom is 0.278 e. The number of anilines is 3. The van der Waals surface area contributed by atoms with Gasteiger partial charge < -0.3 is 20.7 Å². The van der Waals surface area contributed by atoms with Crippen LogP contribution in [0.15, 0.2) is 48.9 Å². The van der Waals surface area contributed by atoms with Crippen LogP contribution in [0.2, 0.25) is 0 Å². The minimum atomic E-state index is -0.429. The molecule has 30 heavy (non-hydrogen) atoms. The third kappa shape index (κ3) is 4.32. The average molecular weight is 404 g/mol. The number of benzene rings is 1. The van der Waals surface area contributed by atoms with Gasteiger partial charge in [0, 0.05) is 25.4 Å². The number of aromatic nitrogens is 3. The molecule has 1 aromatic carbocycles. The minimum absolute atomic E-state index is 0.0698. The van der Waals surface area contributed by atoms with Crippen LogP contribution in [0.25, 0.3) is 11.3 Å². The van der Waals surface area contributed by atoms with Crippen molar-refractivity contribution in [2.24, 2.45) is 0 Å². The van der Waals surface area contributed by atoms with E-state index in [1.807, 2.05) is 37.4 Å². The highest BCUT2D eigenvalue weighted by molar-refractivity contribution is 6.07. The molecule has 0 radical (unpaired) electrons. The van der Waals surface area contributed by atoms with E-state index in [1.165, 1.54) is 0 Å². The number of hydrogen-bond donors (Lipinski definition) is 2. The maximum atomic E-state index is 13.0. The lowest BCUT2D eigenvalue weighted by Crippen LogP contribution is -2.23. The number of nitrogens with one attached hydrogen (secondary N) is 1. The van der Waals surface area contributed by atoms with Gasteiger partial charge in [0.1, 0.15) is 5.75 Å². The molecule has 8 nitrogen and oxygen atoms in total. The summed E-state index contributed by atoms with van der Waals surface area (Å²) in [6, 6.07) is 9.48. The Labute approximate surface area is 175 Å². The molecule has 0 saturated carbocycles. The second kappa shape index (κ2) is 8.77. The van der Waals surface area contributed by atoms with Gasteiger partial charge in [-0.25, -0.2) is 9.97 Å². The number of rotatable bonds is 0. The molecule has 0 unspecified atom stereocenters. The Bertz CT molecular complexity index is 1060. The number of ether oxygens (including phenoxy) is 1. The van der Waals surface area contributed by atoms with Gasteiger partial charge in [0.25, 0.3) is 5.91 Å². The molecule has 1 aliphatic heterocycles. The van der Waals surface area contributed by atoms with Crippen molar-refractivity contribution in [2.45, 2.75) is 19.3 Å². The largest absolute Gasteiger partial charge is 0.494 e. The van der Waals surface area contributed by atoms with Crippen LogP contribution in [0, 0.1) is 0 Å². The molecule has 0 fully saturated rings. The maximum absolute atomic E-state index is 13.0. The fourth-order valence-corrected chi connectivity index (χ4v) is 3.39. The monoisotopic (exact) mass is 404 g/mol. The molecule has 1 aliphatic rings. The topological polar surface area (TPSA) is 106 Å². The third-order valence-electron chi connectivity index (χ3n) is 5.01. The van der Waals surface area contributed by atoms with Crippen molar-refractivity contribution < 1.29 is 9.53 Å². The lowest BCUT2D eigenvalue weighted by atomic mass is 10.1. The lowest BCUT2D eigenvalue weighted by molar-refractivity contribution is 0.102. The van der Waals surface area contributed by atoms with E-state index in [0.29, 0.717) is 18.0 Å². The van der Waals surface area contributed by atoms with Crippen molar-refractivity contribution in [1.29, 1.82) is 0 Å². The number of fused-ring (bicyclic) bond motifs is 6. The summed E-state index contributed by atoms with van der Waals surface area (Å²) in [7, 11) is 2.00. The van der Waals surface area contributed by atoms with Crippen LogP contribution in [0.4, 0.5) is 17.2 Å². The van der Waals surface area contributed by atoms with Gasteiger partial charge >= 0.3 is 0 Å². The number of carbonyl (C=O) groups excluding carboxylic acids is 1. The quantitative estimate of drug-likeness (QED) is 0.592. The first kappa shape index (κ1) is 19.6. The molecule has 0 saturated heterocycles. The molecule has 3 aromatic rings. The molecular weight excluding hydrogens is 380 g/mol. The average Bonchev–Trinajstić information content (AvgIpc) is 2.76. The summed E-state index contributed by atoms with van der Waals surface area (Å²) in [6.45, 7) is 1.49. The van der Waals surface area contributed by atoms with Crippen molar-refractivity contribution >= 4 is 23.1 Å². The van der Waals surface area contributed by atoms with Crippen LogP contribution in [0.3, 0.4) is 0 Å². The summed E-state index contributed by atoms with van der Waals surface area (Å²) in [5.74, 6) is 0.402. The second-order valence-electron chi connectivity index (χ2n) is 7.19. The first-order valence-corrected chi connectivity index (χ1v) is 9.94. The van der Waals surface area contributed by atoms with Gasteiger partial charge in [-0.3, -0.25) is 9.78 Å². The summed E-state index contributed by atoms with van der Waals surface area (Å²) in [6.07, 6.45) is 7.91. The Kier molecular flexibility index (Phi) is 5.74. The highest BCUT2D eigenvalue weighted by atomic mass is 16.5. The molecule has 0 aliphatic carbocycles. The number of pyridine rings is 1. The molecule has 154 valence electrons. The van der Waals surface area contributed by atoms with E-state index in [0.717, 1.165) is 42.8 Å². The van der Waals surface area contributed by atoms with Gasteiger partial charge in [-0.1, -0.05) is 12.1 Å². The zero-order valence-electron chi connectivity index (χ0n) is 16.8. The molecule has 0 spiro atoms. The van der Waals surface area contributed by atoms with E-state index in [2.05, 4.69) is 25.2 Å². The fraction of sp³-hybridized carbons (Fsp3) is 0.273. The summed E-state index contributed by atoms with van der Waals surface area (Å²) < 4.78 is 5.90. The Morgan fingerprint density at radius 2 is 2.07 bits per heavy atom. The van der Waals surface area contributed by atoms with Gasteiger partial charge in [-0.05, 0) is 37.5 Å². The van der Waals surface area contributed by atoms with E-state index < -0.39 is 5.91 Å². The Morgan fingerprint density at radius 1 is 1.17 bits per heavy atom. The number of nitrogens with two attached hydrogens (primary N) is 1. The normalized spacial score (nSPS) is 14.8. The standard InChI is InChI=1S/C22H24N6O2/c1-28-10-3-2-4-11-30-16-7-5-6-15(12-16)17-14-25-21(23)20(26-17)22(29)27-18-13-24-9-8-19(18)28/h5-9,12-14H,2-4,10-11H2,1H3,(H2,23,25)(H,27,29). The third-order valence-corrected chi connectivity index (χ3v) is 5.01. The molecule has 4 rings (SSSR count). The highest BCUT2D eigenvalue weighted by Gasteiger charge is 2.18. The van der Waals surface area contributed by atoms with Gasteiger partial charge in [0.05, 0.1) is 36.1 Å². The predicted octanol–water partition coefficient (Wildman–Crippen LogP) is 3.37.